The van der Waals surface area contributed by atoms with Crippen LogP contribution in [0.25, 0.3) is 0 Å². The Morgan fingerprint density at radius 2 is 1.55 bits per heavy atom. The minimum atomic E-state index is -3.64. The molecule has 2 aromatic carbocycles. The molecule has 7 heteroatoms. The predicted molar refractivity (Wildman–Crippen MR) is 117 cm³/mol. The molecule has 1 N–H and O–H groups in total. The van der Waals surface area contributed by atoms with Crippen molar-refractivity contribution in [1.29, 1.82) is 0 Å². The molecule has 0 spiro atoms. The highest BCUT2D eigenvalue weighted by Gasteiger charge is 2.32. The Morgan fingerprint density at radius 3 is 2.03 bits per heavy atom. The normalized spacial score (nSPS) is 13.4. The number of carbonyl (C=O) groups excluding carboxylic acids is 1. The van der Waals surface area contributed by atoms with E-state index in [9.17, 15) is 13.2 Å². The Hall–Kier alpha value is -2.54. The number of sulfonamides is 1. The second-order valence-electron chi connectivity index (χ2n) is 7.35. The van der Waals surface area contributed by atoms with Crippen molar-refractivity contribution in [2.24, 2.45) is 0 Å². The number of anilines is 1. The van der Waals surface area contributed by atoms with Crippen molar-refractivity contribution in [2.75, 3.05) is 17.2 Å². The molecule has 2 aromatic rings. The van der Waals surface area contributed by atoms with E-state index in [2.05, 4.69) is 5.32 Å². The zero-order valence-corrected chi connectivity index (χ0v) is 18.5. The molecule has 0 aliphatic heterocycles. The van der Waals surface area contributed by atoms with E-state index in [1.807, 2.05) is 57.2 Å². The first-order valence-electron chi connectivity index (χ1n) is 9.67. The summed E-state index contributed by atoms with van der Waals surface area (Å²) < 4.78 is 31.8. The third-order valence-corrected chi connectivity index (χ3v) is 5.71. The molecule has 0 fully saturated rings. The number of nitrogens with one attached hydrogen (secondary N) is 1. The van der Waals surface area contributed by atoms with Crippen molar-refractivity contribution in [2.45, 2.75) is 46.2 Å². The Bertz CT molecular complexity index is 909. The van der Waals surface area contributed by atoms with E-state index in [0.29, 0.717) is 12.1 Å². The van der Waals surface area contributed by atoms with E-state index in [1.54, 1.807) is 19.1 Å². The molecule has 1 amide bonds. The van der Waals surface area contributed by atoms with Gasteiger partial charge in [-0.25, -0.2) is 8.42 Å². The fourth-order valence-electron chi connectivity index (χ4n) is 2.99. The van der Waals surface area contributed by atoms with Gasteiger partial charge in [-0.3, -0.25) is 9.10 Å². The van der Waals surface area contributed by atoms with Gasteiger partial charge >= 0.3 is 0 Å². The molecular weight excluding hydrogens is 388 g/mol. The fourth-order valence-corrected chi connectivity index (χ4v) is 4.20. The van der Waals surface area contributed by atoms with E-state index >= 15 is 0 Å². The van der Waals surface area contributed by atoms with Crippen LogP contribution in [0.15, 0.2) is 48.5 Å². The lowest BCUT2D eigenvalue weighted by Gasteiger charge is -2.31. The van der Waals surface area contributed by atoms with Crippen LogP contribution in [0, 0.1) is 13.8 Å². The smallest absolute Gasteiger partial charge is 0.244 e. The van der Waals surface area contributed by atoms with Crippen molar-refractivity contribution in [3.05, 3.63) is 59.7 Å². The maximum atomic E-state index is 12.9. The van der Waals surface area contributed by atoms with Crippen LogP contribution in [-0.2, 0) is 14.8 Å². The molecule has 2 atom stereocenters. The molecule has 0 bridgehead atoms. The average Bonchev–Trinajstić information content (AvgIpc) is 2.65. The molecule has 6 nitrogen and oxygen atoms in total. The van der Waals surface area contributed by atoms with Crippen molar-refractivity contribution in [3.63, 3.8) is 0 Å². The Balaban J connectivity index is 2.09. The summed E-state index contributed by atoms with van der Waals surface area (Å²) in [7, 11) is -3.64. The lowest BCUT2D eigenvalue weighted by Crippen LogP contribution is -2.52. The minimum Gasteiger partial charge on any atom is -0.491 e. The highest BCUT2D eigenvalue weighted by molar-refractivity contribution is 7.92. The van der Waals surface area contributed by atoms with Crippen LogP contribution in [0.5, 0.6) is 5.75 Å². The molecule has 0 aliphatic rings. The summed E-state index contributed by atoms with van der Waals surface area (Å²) in [5.41, 5.74) is 2.63. The van der Waals surface area contributed by atoms with E-state index in [-0.39, 0.29) is 18.6 Å². The summed E-state index contributed by atoms with van der Waals surface area (Å²) in [5.74, 6) is 0.375. The number of hydrogen-bond donors (Lipinski definition) is 1. The van der Waals surface area contributed by atoms with Crippen LogP contribution >= 0.6 is 0 Å². The number of nitrogens with zero attached hydrogens (tertiary/aromatic N) is 1. The number of ether oxygens (including phenoxy) is 1. The molecule has 0 unspecified atom stereocenters. The van der Waals surface area contributed by atoms with E-state index in [0.717, 1.165) is 23.1 Å². The SMILES string of the molecule is CC[C@H](C(=O)N[C@@H](C)COc1ccc(C)cc1)N(c1ccc(C)cc1)S(C)(=O)=O. The number of carbonyl (C=O) groups is 1. The van der Waals surface area contributed by atoms with E-state index < -0.39 is 16.1 Å². The second-order valence-corrected chi connectivity index (χ2v) is 9.21. The van der Waals surface area contributed by atoms with Gasteiger partial charge in [0, 0.05) is 0 Å². The van der Waals surface area contributed by atoms with Gasteiger partial charge in [0.2, 0.25) is 15.9 Å². The van der Waals surface area contributed by atoms with Crippen LogP contribution < -0.4 is 14.4 Å². The largest absolute Gasteiger partial charge is 0.491 e. The Kier molecular flexibility index (Phi) is 7.67. The summed E-state index contributed by atoms with van der Waals surface area (Å²) >= 11 is 0. The average molecular weight is 419 g/mol. The summed E-state index contributed by atoms with van der Waals surface area (Å²) in [5, 5.41) is 2.88. The number of amides is 1. The molecule has 0 saturated carbocycles. The van der Waals surface area contributed by atoms with Crippen molar-refractivity contribution in [1.82, 2.24) is 5.32 Å². The topological polar surface area (TPSA) is 75.7 Å². The van der Waals surface area contributed by atoms with Gasteiger partial charge in [-0.2, -0.15) is 0 Å². The monoisotopic (exact) mass is 418 g/mol. The lowest BCUT2D eigenvalue weighted by molar-refractivity contribution is -0.123. The third-order valence-electron chi connectivity index (χ3n) is 4.53. The standard InChI is InChI=1S/C22H30N2O4S/c1-6-21(24(29(5,26)27)19-11-7-16(2)8-12-19)22(25)23-18(4)15-28-20-13-9-17(3)10-14-20/h7-14,18,21H,6,15H2,1-5H3,(H,23,25)/t18-,21+/m0/s1. The highest BCUT2D eigenvalue weighted by Crippen LogP contribution is 2.23. The lowest BCUT2D eigenvalue weighted by atomic mass is 10.1. The first-order valence-corrected chi connectivity index (χ1v) is 11.5. The summed E-state index contributed by atoms with van der Waals surface area (Å²) in [6.45, 7) is 7.83. The molecular formula is C22H30N2O4S. The summed E-state index contributed by atoms with van der Waals surface area (Å²) in [6.07, 6.45) is 1.46. The van der Waals surface area contributed by atoms with Gasteiger partial charge in [-0.1, -0.05) is 42.3 Å². The highest BCUT2D eigenvalue weighted by atomic mass is 32.2. The molecule has 0 aromatic heterocycles. The molecule has 0 saturated heterocycles. The number of benzene rings is 2. The molecule has 2 rings (SSSR count). The van der Waals surface area contributed by atoms with Crippen LogP contribution in [0.4, 0.5) is 5.69 Å². The Labute approximate surface area is 173 Å². The first-order chi connectivity index (χ1) is 13.6. The van der Waals surface area contributed by atoms with Crippen molar-refractivity contribution < 1.29 is 17.9 Å². The predicted octanol–water partition coefficient (Wildman–Crippen LogP) is 3.43. The molecule has 0 heterocycles. The fraction of sp³-hybridized carbons (Fsp3) is 0.409. The first kappa shape index (κ1) is 22.7. The quantitative estimate of drug-likeness (QED) is 0.677. The van der Waals surface area contributed by atoms with E-state index in [4.69, 9.17) is 4.74 Å². The Morgan fingerprint density at radius 1 is 1.03 bits per heavy atom. The van der Waals surface area contributed by atoms with Gasteiger partial charge in [-0.15, -0.1) is 0 Å². The number of hydrogen-bond acceptors (Lipinski definition) is 4. The van der Waals surface area contributed by atoms with Gasteiger partial charge in [0.05, 0.1) is 18.0 Å². The summed E-state index contributed by atoms with van der Waals surface area (Å²) in [6, 6.07) is 13.6. The zero-order valence-electron chi connectivity index (χ0n) is 17.7. The molecule has 0 aliphatic carbocycles. The minimum absolute atomic E-state index is 0.280. The van der Waals surface area contributed by atoms with Gasteiger partial charge in [0.1, 0.15) is 18.4 Å². The maximum absolute atomic E-state index is 12.9. The van der Waals surface area contributed by atoms with Crippen LogP contribution in [0.2, 0.25) is 0 Å². The van der Waals surface area contributed by atoms with E-state index in [1.165, 1.54) is 4.31 Å². The zero-order chi connectivity index (χ0) is 21.6. The molecule has 29 heavy (non-hydrogen) atoms. The van der Waals surface area contributed by atoms with Gasteiger partial charge in [-0.05, 0) is 51.5 Å². The van der Waals surface area contributed by atoms with Crippen molar-refractivity contribution >= 4 is 21.6 Å². The van der Waals surface area contributed by atoms with Gasteiger partial charge in [0.15, 0.2) is 0 Å². The number of aryl methyl sites for hydroxylation is 2. The third kappa shape index (κ3) is 6.49. The maximum Gasteiger partial charge on any atom is 0.244 e. The number of rotatable bonds is 9. The second kappa shape index (κ2) is 9.78. The van der Waals surface area contributed by atoms with Crippen LogP contribution in [-0.4, -0.2) is 39.3 Å². The summed E-state index contributed by atoms with van der Waals surface area (Å²) in [4.78, 5) is 12.9. The van der Waals surface area contributed by atoms with Gasteiger partial charge < -0.3 is 10.1 Å². The van der Waals surface area contributed by atoms with Crippen LogP contribution in [0.3, 0.4) is 0 Å². The van der Waals surface area contributed by atoms with Gasteiger partial charge in [0.25, 0.3) is 0 Å². The molecule has 158 valence electrons. The van der Waals surface area contributed by atoms with Crippen molar-refractivity contribution in [3.8, 4) is 5.75 Å². The van der Waals surface area contributed by atoms with Crippen LogP contribution in [0.1, 0.15) is 31.4 Å². The molecule has 0 radical (unpaired) electrons.